The van der Waals surface area contributed by atoms with Gasteiger partial charge in [0.1, 0.15) is 13.2 Å². The lowest BCUT2D eigenvalue weighted by molar-refractivity contribution is -0.146. The fourth-order valence-corrected chi connectivity index (χ4v) is 8.16. The average Bonchev–Trinajstić information content (AvgIpc) is 3.41. The van der Waals surface area contributed by atoms with Crippen molar-refractivity contribution in [2.75, 3.05) is 159 Å². The molecule has 75 heavy (non-hydrogen) atoms. The maximum absolute atomic E-state index is 11.9. The molecule has 0 aromatic heterocycles. The predicted molar refractivity (Wildman–Crippen MR) is 300 cm³/mol. The van der Waals surface area contributed by atoms with E-state index in [0.717, 1.165) is 25.7 Å². The summed E-state index contributed by atoms with van der Waals surface area (Å²) in [6.45, 7) is 15.5. The van der Waals surface area contributed by atoms with Crippen molar-refractivity contribution in [3.63, 3.8) is 0 Å². The summed E-state index contributed by atoms with van der Waals surface area (Å²) in [5.41, 5.74) is 0. The summed E-state index contributed by atoms with van der Waals surface area (Å²) in [5.74, 6) is -0.266. The molecular weight excluding hydrogens is 961 g/mol. The molecular formula is C60H118O15. The Bertz CT molecular complexity index is 993. The summed E-state index contributed by atoms with van der Waals surface area (Å²) < 4.78 is 71.3. The van der Waals surface area contributed by atoms with Crippen molar-refractivity contribution in [2.45, 2.75) is 219 Å². The van der Waals surface area contributed by atoms with Crippen LogP contribution in [0.25, 0.3) is 0 Å². The van der Waals surface area contributed by atoms with Crippen molar-refractivity contribution in [3.05, 3.63) is 0 Å². The first kappa shape index (κ1) is 73.5. The van der Waals surface area contributed by atoms with Gasteiger partial charge in [-0.05, 0) is 12.8 Å². The number of unbranched alkanes of at least 4 members (excludes halogenated alkanes) is 28. The van der Waals surface area contributed by atoms with Gasteiger partial charge in [0.2, 0.25) is 0 Å². The van der Waals surface area contributed by atoms with Gasteiger partial charge in [0.15, 0.2) is 0 Å². The smallest absolute Gasteiger partial charge is 0.305 e. The zero-order valence-corrected chi connectivity index (χ0v) is 48.7. The van der Waals surface area contributed by atoms with Crippen LogP contribution in [-0.4, -0.2) is 171 Å². The number of esters is 2. The molecule has 0 spiro atoms. The van der Waals surface area contributed by atoms with Crippen LogP contribution in [-0.2, 0) is 71.2 Å². The molecule has 0 unspecified atom stereocenters. The van der Waals surface area contributed by atoms with Gasteiger partial charge in [-0.15, -0.1) is 0 Å². The van der Waals surface area contributed by atoms with Crippen LogP contribution in [0.3, 0.4) is 0 Å². The Morgan fingerprint density at radius 3 is 0.480 bits per heavy atom. The van der Waals surface area contributed by atoms with Crippen LogP contribution in [0.4, 0.5) is 0 Å². The zero-order valence-electron chi connectivity index (χ0n) is 48.7. The van der Waals surface area contributed by atoms with E-state index in [2.05, 4.69) is 13.8 Å². The van der Waals surface area contributed by atoms with E-state index < -0.39 is 0 Å². The third kappa shape index (κ3) is 68.6. The highest BCUT2D eigenvalue weighted by Gasteiger charge is 2.05. The Morgan fingerprint density at radius 1 is 0.187 bits per heavy atom. The van der Waals surface area contributed by atoms with E-state index in [9.17, 15) is 9.59 Å². The van der Waals surface area contributed by atoms with Gasteiger partial charge in [-0.3, -0.25) is 9.59 Å². The van der Waals surface area contributed by atoms with Gasteiger partial charge in [-0.25, -0.2) is 0 Å². The Balaban J connectivity index is 3.16. The van der Waals surface area contributed by atoms with Gasteiger partial charge < -0.3 is 61.6 Å². The van der Waals surface area contributed by atoms with E-state index in [1.54, 1.807) is 0 Å². The lowest BCUT2D eigenvalue weighted by Gasteiger charge is -2.09. The predicted octanol–water partition coefficient (Wildman–Crippen LogP) is 12.8. The number of carbonyl (C=O) groups is 2. The summed E-state index contributed by atoms with van der Waals surface area (Å²) in [6, 6.07) is 0. The summed E-state index contributed by atoms with van der Waals surface area (Å²) in [4.78, 5) is 23.9. The molecule has 448 valence electrons. The van der Waals surface area contributed by atoms with Crippen molar-refractivity contribution in [1.29, 1.82) is 0 Å². The van der Waals surface area contributed by atoms with Crippen LogP contribution in [0, 0.1) is 0 Å². The minimum absolute atomic E-state index is 0.133. The van der Waals surface area contributed by atoms with Crippen molar-refractivity contribution in [3.8, 4) is 0 Å². The summed E-state index contributed by atoms with van der Waals surface area (Å²) in [6.07, 6.45) is 40.4. The molecule has 15 nitrogen and oxygen atoms in total. The Hall–Kier alpha value is -1.50. The average molecular weight is 1080 g/mol. The number of ether oxygens (including phenoxy) is 13. The normalized spacial score (nSPS) is 11.5. The van der Waals surface area contributed by atoms with E-state index in [1.807, 2.05) is 0 Å². The second-order valence-electron chi connectivity index (χ2n) is 19.6. The van der Waals surface area contributed by atoms with E-state index in [-0.39, 0.29) is 25.2 Å². The Morgan fingerprint density at radius 2 is 0.320 bits per heavy atom. The first-order chi connectivity index (χ1) is 37.2. The largest absolute Gasteiger partial charge is 0.463 e. The van der Waals surface area contributed by atoms with Gasteiger partial charge in [0.05, 0.1) is 145 Å². The molecule has 0 N–H and O–H groups in total. The van der Waals surface area contributed by atoms with Crippen LogP contribution < -0.4 is 0 Å². The maximum Gasteiger partial charge on any atom is 0.305 e. The fraction of sp³-hybridized carbons (Fsp3) is 0.967. The third-order valence-corrected chi connectivity index (χ3v) is 12.7. The molecule has 0 atom stereocenters. The molecule has 0 radical (unpaired) electrons. The van der Waals surface area contributed by atoms with Crippen LogP contribution in [0.2, 0.25) is 0 Å². The van der Waals surface area contributed by atoms with Crippen molar-refractivity contribution in [1.82, 2.24) is 0 Å². The summed E-state index contributed by atoms with van der Waals surface area (Å²) >= 11 is 0. The Labute approximate surface area is 459 Å². The molecule has 0 aliphatic carbocycles. The van der Waals surface area contributed by atoms with Crippen LogP contribution in [0.5, 0.6) is 0 Å². The molecule has 0 saturated carbocycles. The van der Waals surface area contributed by atoms with Crippen LogP contribution >= 0.6 is 0 Å². The SMILES string of the molecule is CCCCCCCCCCCCCCCCCC(=O)OCCOCCOCCOCCOCCOCCOCCOCCOCCOCCOCCOCCOC(=O)CCCCCCCCCCCCCCCCC. The first-order valence-electron chi connectivity index (χ1n) is 30.9. The van der Waals surface area contributed by atoms with Crippen LogP contribution in [0.1, 0.15) is 219 Å². The van der Waals surface area contributed by atoms with Crippen molar-refractivity contribution in [2.24, 2.45) is 0 Å². The maximum atomic E-state index is 11.9. The van der Waals surface area contributed by atoms with E-state index in [0.29, 0.717) is 158 Å². The highest BCUT2D eigenvalue weighted by Crippen LogP contribution is 2.15. The molecule has 0 bridgehead atoms. The topological polar surface area (TPSA) is 154 Å². The second kappa shape index (κ2) is 68.6. The lowest BCUT2D eigenvalue weighted by Crippen LogP contribution is -2.16. The summed E-state index contributed by atoms with van der Waals surface area (Å²) in [7, 11) is 0. The lowest BCUT2D eigenvalue weighted by atomic mass is 10.0. The van der Waals surface area contributed by atoms with E-state index in [1.165, 1.54) is 167 Å². The molecule has 0 aliphatic rings. The minimum atomic E-state index is -0.133. The van der Waals surface area contributed by atoms with Crippen LogP contribution in [0.15, 0.2) is 0 Å². The molecule has 0 fully saturated rings. The monoisotopic (exact) mass is 1080 g/mol. The zero-order chi connectivity index (χ0) is 53.9. The van der Waals surface area contributed by atoms with Crippen molar-refractivity contribution < 1.29 is 71.2 Å². The van der Waals surface area contributed by atoms with Gasteiger partial charge in [0.25, 0.3) is 0 Å². The number of hydrogen-bond donors (Lipinski definition) is 0. The minimum Gasteiger partial charge on any atom is -0.463 e. The van der Waals surface area contributed by atoms with E-state index >= 15 is 0 Å². The fourth-order valence-electron chi connectivity index (χ4n) is 8.16. The molecule has 0 heterocycles. The molecule has 0 aromatic carbocycles. The molecule has 15 heteroatoms. The van der Waals surface area contributed by atoms with Gasteiger partial charge in [-0.2, -0.15) is 0 Å². The molecule has 0 saturated heterocycles. The highest BCUT2D eigenvalue weighted by molar-refractivity contribution is 5.69. The quantitative estimate of drug-likeness (QED) is 0.0419. The highest BCUT2D eigenvalue weighted by atomic mass is 16.6. The molecule has 0 aliphatic heterocycles. The number of hydrogen-bond acceptors (Lipinski definition) is 15. The molecule has 0 aromatic rings. The first-order valence-corrected chi connectivity index (χ1v) is 30.9. The third-order valence-electron chi connectivity index (χ3n) is 12.7. The number of carbonyl (C=O) groups excluding carboxylic acids is 2. The number of rotatable bonds is 68. The Kier molecular flexibility index (Phi) is 67.2. The van der Waals surface area contributed by atoms with Gasteiger partial charge in [0, 0.05) is 12.8 Å². The second-order valence-corrected chi connectivity index (χ2v) is 19.6. The van der Waals surface area contributed by atoms with Gasteiger partial charge >= 0.3 is 11.9 Å². The van der Waals surface area contributed by atoms with Gasteiger partial charge in [-0.1, -0.05) is 194 Å². The van der Waals surface area contributed by atoms with E-state index in [4.69, 9.17) is 61.6 Å². The molecule has 0 rings (SSSR count). The summed E-state index contributed by atoms with van der Waals surface area (Å²) in [5, 5.41) is 0. The molecule has 0 amide bonds. The standard InChI is InChI=1S/C60H118O15/c1-3-5-7-9-11-13-15-17-19-21-23-25-27-29-31-33-59(61)74-57-55-72-53-51-70-49-47-68-45-43-66-41-39-64-37-35-63-36-38-65-40-42-67-44-46-69-48-50-71-52-54-73-56-58-75-60(62)34-32-30-28-26-24-22-20-18-16-14-12-10-8-6-4-2/h3-58H2,1-2H3. The van der Waals surface area contributed by atoms with Crippen molar-refractivity contribution >= 4 is 11.9 Å².